The minimum absolute atomic E-state index is 0.384. The molecule has 0 amide bonds. The van der Waals surface area contributed by atoms with Gasteiger partial charge >= 0.3 is 0 Å². The van der Waals surface area contributed by atoms with Crippen LogP contribution in [-0.4, -0.2) is 9.97 Å². The Morgan fingerprint density at radius 2 is 1.06 bits per heavy atom. The highest BCUT2D eigenvalue weighted by Crippen LogP contribution is 2.50. The van der Waals surface area contributed by atoms with Crippen molar-refractivity contribution in [3.8, 4) is 0 Å². The lowest BCUT2D eigenvalue weighted by atomic mass is 9.86. The number of aryl methyl sites for hydroxylation is 2. The Balaban J connectivity index is 1.30. The van der Waals surface area contributed by atoms with Crippen LogP contribution in [0.3, 0.4) is 0 Å². The first kappa shape index (κ1) is 31.2. The maximum Gasteiger partial charge on any atom is 0.137 e. The van der Waals surface area contributed by atoms with Crippen LogP contribution in [0.4, 0.5) is 34.4 Å². The van der Waals surface area contributed by atoms with Crippen molar-refractivity contribution in [2.24, 2.45) is 0 Å². The first-order chi connectivity index (χ1) is 26.1. The van der Waals surface area contributed by atoms with Crippen molar-refractivity contribution in [1.29, 1.82) is 0 Å². The Morgan fingerprint density at radius 1 is 0.509 bits per heavy atom. The Bertz CT molecular complexity index is 2850. The number of fused-ring (bicyclic) bond motifs is 2. The maximum atomic E-state index is 4.98. The van der Waals surface area contributed by atoms with Gasteiger partial charge in [-0.2, -0.15) is 0 Å². The van der Waals surface area contributed by atoms with Crippen LogP contribution in [0.25, 0.3) is 49.2 Å². The van der Waals surface area contributed by atoms with Gasteiger partial charge in [-0.25, -0.2) is 9.97 Å². The van der Waals surface area contributed by atoms with E-state index in [1.165, 1.54) is 71.0 Å². The third-order valence-corrected chi connectivity index (χ3v) is 11.2. The van der Waals surface area contributed by atoms with Gasteiger partial charge in [-0.1, -0.05) is 104 Å². The number of rotatable bonds is 6. The second kappa shape index (κ2) is 12.3. The van der Waals surface area contributed by atoms with E-state index in [1.807, 2.05) is 24.5 Å². The van der Waals surface area contributed by atoms with Gasteiger partial charge in [-0.3, -0.25) is 9.80 Å². The molecule has 0 saturated carbocycles. The van der Waals surface area contributed by atoms with E-state index in [0.717, 1.165) is 35.1 Å². The second-order valence-electron chi connectivity index (χ2n) is 14.4. The molecular formula is C49H38N4. The van der Waals surface area contributed by atoms with Crippen LogP contribution in [0.2, 0.25) is 0 Å². The topological polar surface area (TPSA) is 32.3 Å². The Morgan fingerprint density at radius 3 is 1.70 bits per heavy atom. The van der Waals surface area contributed by atoms with Crippen LogP contribution in [0.1, 0.15) is 41.5 Å². The number of anilines is 6. The Labute approximate surface area is 309 Å². The minimum atomic E-state index is 0.384. The zero-order valence-corrected chi connectivity index (χ0v) is 30.1. The van der Waals surface area contributed by atoms with Gasteiger partial charge in [0.05, 0.1) is 22.7 Å². The summed E-state index contributed by atoms with van der Waals surface area (Å²) < 4.78 is 0. The maximum absolute atomic E-state index is 4.98. The molecule has 1 aliphatic rings. The summed E-state index contributed by atoms with van der Waals surface area (Å²) in [4.78, 5) is 14.7. The van der Waals surface area contributed by atoms with Crippen LogP contribution in [0, 0.1) is 13.8 Å². The molecule has 4 nitrogen and oxygen atoms in total. The van der Waals surface area contributed by atoms with Crippen LogP contribution in [0.5, 0.6) is 0 Å². The smallest absolute Gasteiger partial charge is 0.137 e. The second-order valence-corrected chi connectivity index (χ2v) is 14.4. The van der Waals surface area contributed by atoms with Crippen molar-refractivity contribution in [1.82, 2.24) is 9.97 Å². The van der Waals surface area contributed by atoms with Crippen molar-refractivity contribution in [3.63, 3.8) is 0 Å². The predicted molar refractivity (Wildman–Crippen MR) is 224 cm³/mol. The fourth-order valence-corrected chi connectivity index (χ4v) is 8.76. The summed E-state index contributed by atoms with van der Waals surface area (Å²) in [6.45, 7) is 6.83. The quantitative estimate of drug-likeness (QED) is 0.163. The van der Waals surface area contributed by atoms with E-state index in [-0.39, 0.29) is 0 Å². The zero-order valence-electron chi connectivity index (χ0n) is 30.1. The third-order valence-electron chi connectivity index (χ3n) is 11.2. The highest BCUT2D eigenvalue weighted by Gasteiger charge is 2.27. The van der Waals surface area contributed by atoms with Gasteiger partial charge in [-0.15, -0.1) is 0 Å². The highest BCUT2D eigenvalue weighted by molar-refractivity contribution is 6.29. The standard InChI is InChI=1S/C49H38N4/c1-31-13-10-16-35-17-12-20-42(47(31)35)53(46-22-7-9-28-51-46)44-30-33(3)37-23-25-39-43(29-32(2)36-24-26-40(44)49(37)48(36)39)52(45-21-6-8-27-50-45)41-19-11-15-34-14-4-5-18-38(34)41/h4-12,14-31H,13H2,1-3H3. The molecule has 0 fully saturated rings. The highest BCUT2D eigenvalue weighted by atomic mass is 15.2. The van der Waals surface area contributed by atoms with Gasteiger partial charge in [0, 0.05) is 28.6 Å². The van der Waals surface area contributed by atoms with E-state index < -0.39 is 0 Å². The Hall–Kier alpha value is -6.52. The van der Waals surface area contributed by atoms with E-state index in [2.05, 4.69) is 164 Å². The molecule has 7 aromatic carbocycles. The molecule has 2 aromatic heterocycles. The van der Waals surface area contributed by atoms with Crippen LogP contribution in [0.15, 0.2) is 152 Å². The van der Waals surface area contributed by atoms with E-state index in [4.69, 9.17) is 9.97 Å². The number of allylic oxidation sites excluding steroid dienone is 1. The molecule has 0 radical (unpaired) electrons. The summed E-state index contributed by atoms with van der Waals surface area (Å²) in [6.07, 6.45) is 9.38. The summed E-state index contributed by atoms with van der Waals surface area (Å²) in [6, 6.07) is 48.3. The first-order valence-corrected chi connectivity index (χ1v) is 18.5. The summed E-state index contributed by atoms with van der Waals surface area (Å²) >= 11 is 0. The lowest BCUT2D eigenvalue weighted by molar-refractivity contribution is 0.771. The summed E-state index contributed by atoms with van der Waals surface area (Å²) in [7, 11) is 0. The van der Waals surface area contributed by atoms with Crippen molar-refractivity contribution in [3.05, 3.63) is 174 Å². The Kier molecular flexibility index (Phi) is 7.26. The van der Waals surface area contributed by atoms with Crippen molar-refractivity contribution in [2.75, 3.05) is 9.80 Å². The van der Waals surface area contributed by atoms with Crippen molar-refractivity contribution < 1.29 is 0 Å². The molecule has 2 heterocycles. The lowest BCUT2D eigenvalue weighted by Crippen LogP contribution is -2.16. The molecular weight excluding hydrogens is 645 g/mol. The average molecular weight is 683 g/mol. The molecule has 0 aliphatic heterocycles. The fraction of sp³-hybridized carbons (Fsp3) is 0.102. The van der Waals surface area contributed by atoms with Gasteiger partial charge in [-0.05, 0) is 124 Å². The summed E-state index contributed by atoms with van der Waals surface area (Å²) in [5, 5.41) is 9.85. The lowest BCUT2D eigenvalue weighted by Gasteiger charge is -2.32. The van der Waals surface area contributed by atoms with Gasteiger partial charge < -0.3 is 0 Å². The zero-order chi connectivity index (χ0) is 35.6. The minimum Gasteiger partial charge on any atom is -0.294 e. The van der Waals surface area contributed by atoms with E-state index in [9.17, 15) is 0 Å². The van der Waals surface area contributed by atoms with Crippen LogP contribution in [-0.2, 0) is 0 Å². The number of nitrogens with zero attached hydrogens (tertiary/aromatic N) is 4. The molecule has 4 heteroatoms. The molecule has 0 bridgehead atoms. The molecule has 0 N–H and O–H groups in total. The first-order valence-electron chi connectivity index (χ1n) is 18.5. The predicted octanol–water partition coefficient (Wildman–Crippen LogP) is 13.6. The van der Waals surface area contributed by atoms with Gasteiger partial charge in [0.25, 0.3) is 0 Å². The monoisotopic (exact) mass is 682 g/mol. The summed E-state index contributed by atoms with van der Waals surface area (Å²) in [5.74, 6) is 2.18. The number of aromatic nitrogens is 2. The van der Waals surface area contributed by atoms with Gasteiger partial charge in [0.15, 0.2) is 0 Å². The number of pyridine rings is 2. The molecule has 0 saturated heterocycles. The molecule has 1 atom stereocenters. The molecule has 53 heavy (non-hydrogen) atoms. The largest absolute Gasteiger partial charge is 0.294 e. The van der Waals surface area contributed by atoms with Gasteiger partial charge in [0.1, 0.15) is 11.6 Å². The molecule has 10 rings (SSSR count). The molecule has 1 aliphatic carbocycles. The average Bonchev–Trinajstić information content (AvgIpc) is 3.20. The third kappa shape index (κ3) is 4.90. The SMILES string of the molecule is Cc1cc(N(c2ccccn2)c2cccc3c2C(C)CC=C3)c2ccc3c(C)cc(N(c4ccccn4)c4cccc5ccccc45)c4ccc1c2c34. The van der Waals surface area contributed by atoms with E-state index in [1.54, 1.807) is 0 Å². The number of hydrogen-bond acceptors (Lipinski definition) is 4. The number of benzene rings is 7. The fourth-order valence-electron chi connectivity index (χ4n) is 8.76. The molecule has 254 valence electrons. The molecule has 1 unspecified atom stereocenters. The molecule has 9 aromatic rings. The molecule has 0 spiro atoms. The summed E-state index contributed by atoms with van der Waals surface area (Å²) in [5.41, 5.74) is 9.64. The van der Waals surface area contributed by atoms with Gasteiger partial charge in [0.2, 0.25) is 0 Å². The normalized spacial score (nSPS) is 14.0. The van der Waals surface area contributed by atoms with Crippen LogP contribution < -0.4 is 9.80 Å². The van der Waals surface area contributed by atoms with E-state index in [0.29, 0.717) is 5.92 Å². The van der Waals surface area contributed by atoms with Crippen molar-refractivity contribution >= 4 is 83.6 Å². The number of hydrogen-bond donors (Lipinski definition) is 0. The van der Waals surface area contributed by atoms with Crippen molar-refractivity contribution in [2.45, 2.75) is 33.1 Å². The van der Waals surface area contributed by atoms with Crippen LogP contribution >= 0.6 is 0 Å². The van der Waals surface area contributed by atoms with E-state index >= 15 is 0 Å².